The summed E-state index contributed by atoms with van der Waals surface area (Å²) in [5, 5.41) is 14.5. The van der Waals surface area contributed by atoms with Crippen LogP contribution in [0.3, 0.4) is 0 Å². The van der Waals surface area contributed by atoms with Gasteiger partial charge in [-0.15, -0.1) is 0 Å². The van der Waals surface area contributed by atoms with Crippen molar-refractivity contribution in [2.24, 2.45) is 7.05 Å². The molecule has 0 aliphatic rings. The van der Waals surface area contributed by atoms with Crippen molar-refractivity contribution in [3.05, 3.63) is 53.3 Å². The summed E-state index contributed by atoms with van der Waals surface area (Å²) in [6.45, 7) is 8.00. The average Bonchev–Trinajstić information content (AvgIpc) is 2.70. The third-order valence-corrected chi connectivity index (χ3v) is 3.59. The smallest absolute Gasteiger partial charge is 0.0718 e. The number of aromatic nitrogens is 2. The molecule has 0 fully saturated rings. The van der Waals surface area contributed by atoms with Crippen LogP contribution in [-0.2, 0) is 20.1 Å². The number of nitrogens with zero attached hydrogens (tertiary/aromatic N) is 3. The number of benzene rings is 1. The second-order valence-electron chi connectivity index (χ2n) is 6.32. The van der Waals surface area contributed by atoms with Gasteiger partial charge in [-0.3, -0.25) is 9.58 Å². The highest BCUT2D eigenvalue weighted by Crippen LogP contribution is 2.16. The number of hydrogen-bond donors (Lipinski definition) is 1. The minimum absolute atomic E-state index is 0.621. The van der Waals surface area contributed by atoms with Crippen LogP contribution in [0.15, 0.2) is 36.5 Å². The number of aryl methyl sites for hydroxylation is 1. The summed E-state index contributed by atoms with van der Waals surface area (Å²) in [4.78, 5) is 2.26. The second kappa shape index (κ2) is 6.41. The maximum atomic E-state index is 10.2. The number of aliphatic hydroxyl groups is 1. The van der Waals surface area contributed by atoms with E-state index in [0.29, 0.717) is 6.54 Å². The van der Waals surface area contributed by atoms with E-state index in [1.165, 1.54) is 16.8 Å². The predicted molar refractivity (Wildman–Crippen MR) is 84.8 cm³/mol. The molecule has 0 atom stereocenters. The fourth-order valence-electron chi connectivity index (χ4n) is 2.50. The number of hydrogen-bond acceptors (Lipinski definition) is 3. The molecular formula is C17H25N3O. The second-order valence-corrected chi connectivity index (χ2v) is 6.32. The lowest BCUT2D eigenvalue weighted by atomic mass is 10.1. The van der Waals surface area contributed by atoms with E-state index in [9.17, 15) is 5.11 Å². The van der Waals surface area contributed by atoms with Crippen molar-refractivity contribution < 1.29 is 5.11 Å². The summed E-state index contributed by atoms with van der Waals surface area (Å²) in [6, 6.07) is 10.4. The van der Waals surface area contributed by atoms with Gasteiger partial charge in [-0.2, -0.15) is 5.10 Å². The summed E-state index contributed by atoms with van der Waals surface area (Å²) >= 11 is 0. The minimum atomic E-state index is -0.717. The molecule has 0 saturated heterocycles. The molecule has 0 spiro atoms. The molecule has 1 heterocycles. The summed E-state index contributed by atoms with van der Waals surface area (Å²) in [7, 11) is 1.95. The highest BCUT2D eigenvalue weighted by Gasteiger charge is 2.20. The van der Waals surface area contributed by atoms with Crippen LogP contribution in [0.5, 0.6) is 0 Å². The van der Waals surface area contributed by atoms with Gasteiger partial charge in [-0.1, -0.05) is 30.3 Å². The fourth-order valence-corrected chi connectivity index (χ4v) is 2.50. The molecule has 0 saturated carbocycles. The van der Waals surface area contributed by atoms with Gasteiger partial charge in [0.1, 0.15) is 0 Å². The van der Waals surface area contributed by atoms with Crippen molar-refractivity contribution in [2.45, 2.75) is 39.5 Å². The van der Waals surface area contributed by atoms with Gasteiger partial charge in [-0.05, 0) is 26.3 Å². The topological polar surface area (TPSA) is 41.3 Å². The first-order valence-corrected chi connectivity index (χ1v) is 7.31. The molecule has 2 rings (SSSR count). The lowest BCUT2D eigenvalue weighted by Crippen LogP contribution is -2.38. The van der Waals surface area contributed by atoms with Crippen molar-refractivity contribution in [1.82, 2.24) is 14.7 Å². The van der Waals surface area contributed by atoms with Crippen LogP contribution in [-0.4, -0.2) is 31.9 Å². The summed E-state index contributed by atoms with van der Waals surface area (Å²) in [6.07, 6.45) is 1.91. The maximum absolute atomic E-state index is 10.2. The van der Waals surface area contributed by atoms with Crippen LogP contribution in [0.4, 0.5) is 0 Å². The molecule has 1 aromatic heterocycles. The predicted octanol–water partition coefficient (Wildman–Crippen LogP) is 2.50. The molecule has 2 aromatic rings. The fraction of sp³-hybridized carbons (Fsp3) is 0.471. The van der Waals surface area contributed by atoms with Crippen LogP contribution >= 0.6 is 0 Å². The Balaban J connectivity index is 2.14. The third kappa shape index (κ3) is 4.69. The van der Waals surface area contributed by atoms with Crippen molar-refractivity contribution in [3.8, 4) is 0 Å². The van der Waals surface area contributed by atoms with Gasteiger partial charge >= 0.3 is 0 Å². The molecule has 0 amide bonds. The molecular weight excluding hydrogens is 262 g/mol. The van der Waals surface area contributed by atoms with Gasteiger partial charge in [0.2, 0.25) is 0 Å². The van der Waals surface area contributed by atoms with Crippen LogP contribution < -0.4 is 0 Å². The SMILES string of the molecule is Cc1c(CN(Cc2ccccc2)CC(C)(C)O)cnn1C. The molecule has 0 unspecified atom stereocenters. The van der Waals surface area contributed by atoms with E-state index in [1.807, 2.05) is 50.0 Å². The van der Waals surface area contributed by atoms with Crippen LogP contribution in [0.2, 0.25) is 0 Å². The molecule has 114 valence electrons. The van der Waals surface area contributed by atoms with Crippen molar-refractivity contribution in [2.75, 3.05) is 6.54 Å². The van der Waals surface area contributed by atoms with E-state index in [4.69, 9.17) is 0 Å². The van der Waals surface area contributed by atoms with Crippen molar-refractivity contribution in [3.63, 3.8) is 0 Å². The molecule has 0 radical (unpaired) electrons. The Morgan fingerprint density at radius 3 is 2.38 bits per heavy atom. The monoisotopic (exact) mass is 287 g/mol. The summed E-state index contributed by atoms with van der Waals surface area (Å²) < 4.78 is 1.89. The first-order valence-electron chi connectivity index (χ1n) is 7.31. The number of rotatable bonds is 6. The van der Waals surface area contributed by atoms with E-state index < -0.39 is 5.60 Å². The largest absolute Gasteiger partial charge is 0.389 e. The van der Waals surface area contributed by atoms with Crippen LogP contribution in [0, 0.1) is 6.92 Å². The highest BCUT2D eigenvalue weighted by atomic mass is 16.3. The Labute approximate surface area is 127 Å². The lowest BCUT2D eigenvalue weighted by molar-refractivity contribution is 0.0306. The Morgan fingerprint density at radius 1 is 1.19 bits per heavy atom. The van der Waals surface area contributed by atoms with Gasteiger partial charge < -0.3 is 5.11 Å². The van der Waals surface area contributed by atoms with E-state index in [-0.39, 0.29) is 0 Å². The Morgan fingerprint density at radius 2 is 1.86 bits per heavy atom. The molecule has 1 aromatic carbocycles. The molecule has 4 heteroatoms. The normalized spacial score (nSPS) is 12.1. The molecule has 0 aliphatic carbocycles. The van der Waals surface area contributed by atoms with Gasteiger partial charge in [0, 0.05) is 37.9 Å². The summed E-state index contributed by atoms with van der Waals surface area (Å²) in [5.41, 5.74) is 2.91. The Bertz CT molecular complexity index is 569. The standard InChI is InChI=1S/C17H25N3O/c1-14-16(10-18-19(14)4)12-20(13-17(2,3)21)11-15-8-6-5-7-9-15/h5-10,21H,11-13H2,1-4H3. The molecule has 4 nitrogen and oxygen atoms in total. The highest BCUT2D eigenvalue weighted by molar-refractivity contribution is 5.18. The van der Waals surface area contributed by atoms with E-state index in [2.05, 4.69) is 29.1 Å². The average molecular weight is 287 g/mol. The van der Waals surface area contributed by atoms with Gasteiger partial charge in [0.05, 0.1) is 11.8 Å². The molecule has 0 aliphatic heterocycles. The summed E-state index contributed by atoms with van der Waals surface area (Å²) in [5.74, 6) is 0. The van der Waals surface area contributed by atoms with E-state index in [0.717, 1.165) is 13.1 Å². The molecule has 0 bridgehead atoms. The van der Waals surface area contributed by atoms with Crippen molar-refractivity contribution in [1.29, 1.82) is 0 Å². The van der Waals surface area contributed by atoms with E-state index >= 15 is 0 Å². The minimum Gasteiger partial charge on any atom is -0.389 e. The molecule has 21 heavy (non-hydrogen) atoms. The Kier molecular flexibility index (Phi) is 4.80. The Hall–Kier alpha value is -1.65. The van der Waals surface area contributed by atoms with Crippen molar-refractivity contribution >= 4 is 0 Å². The van der Waals surface area contributed by atoms with Gasteiger partial charge in [-0.25, -0.2) is 0 Å². The van der Waals surface area contributed by atoms with Crippen LogP contribution in [0.1, 0.15) is 30.7 Å². The maximum Gasteiger partial charge on any atom is 0.0718 e. The third-order valence-electron chi connectivity index (χ3n) is 3.59. The lowest BCUT2D eigenvalue weighted by Gasteiger charge is -2.29. The first-order chi connectivity index (χ1) is 9.85. The first kappa shape index (κ1) is 15.7. The zero-order chi connectivity index (χ0) is 15.5. The quantitative estimate of drug-likeness (QED) is 0.887. The zero-order valence-corrected chi connectivity index (χ0v) is 13.4. The van der Waals surface area contributed by atoms with E-state index in [1.54, 1.807) is 0 Å². The molecule has 1 N–H and O–H groups in total. The zero-order valence-electron chi connectivity index (χ0n) is 13.4. The van der Waals surface area contributed by atoms with Gasteiger partial charge in [0.25, 0.3) is 0 Å². The van der Waals surface area contributed by atoms with Gasteiger partial charge in [0.15, 0.2) is 0 Å². The van der Waals surface area contributed by atoms with Crippen LogP contribution in [0.25, 0.3) is 0 Å².